The molecule has 1 aliphatic carbocycles. The second kappa shape index (κ2) is 11.4. The van der Waals surface area contributed by atoms with Gasteiger partial charge in [-0.25, -0.2) is 4.98 Å². The van der Waals surface area contributed by atoms with Crippen LogP contribution in [-0.2, 0) is 5.41 Å². The SMILES string of the molecule is CC1(C)c2ccccc2-c2cc3c4ccccc4n(-c4cc(-c5ccc(C#N)cc5)cc(-c5cc(-c6ccccc6)c6ccccc6n5)c4)c3cc21. The molecule has 0 radical (unpaired) electrons. The van der Waals surface area contributed by atoms with Crippen LogP contribution < -0.4 is 0 Å². The van der Waals surface area contributed by atoms with Crippen LogP contribution in [0.25, 0.3) is 83.0 Å². The van der Waals surface area contributed by atoms with Crippen LogP contribution >= 0.6 is 0 Å². The topological polar surface area (TPSA) is 41.6 Å². The molecule has 52 heavy (non-hydrogen) atoms. The van der Waals surface area contributed by atoms with Crippen molar-refractivity contribution in [3.05, 3.63) is 180 Å². The molecule has 3 nitrogen and oxygen atoms in total. The Morgan fingerprint density at radius 3 is 2.04 bits per heavy atom. The Hall–Kier alpha value is -6.76. The van der Waals surface area contributed by atoms with Gasteiger partial charge in [-0.15, -0.1) is 0 Å². The Kier molecular flexibility index (Phi) is 6.59. The van der Waals surface area contributed by atoms with Crippen LogP contribution in [0.15, 0.2) is 164 Å². The molecule has 0 unspecified atom stereocenters. The van der Waals surface area contributed by atoms with Crippen LogP contribution in [0.1, 0.15) is 30.5 Å². The van der Waals surface area contributed by atoms with Crippen LogP contribution in [0.4, 0.5) is 0 Å². The quantitative estimate of drug-likeness (QED) is 0.188. The summed E-state index contributed by atoms with van der Waals surface area (Å²) in [7, 11) is 0. The minimum atomic E-state index is -0.125. The van der Waals surface area contributed by atoms with Crippen molar-refractivity contribution in [3.8, 4) is 56.4 Å². The molecule has 3 heteroatoms. The molecular weight excluding hydrogens is 631 g/mol. The van der Waals surface area contributed by atoms with E-state index in [4.69, 9.17) is 4.98 Å². The number of rotatable bonds is 4. The van der Waals surface area contributed by atoms with Crippen LogP contribution in [0.5, 0.6) is 0 Å². The highest BCUT2D eigenvalue weighted by atomic mass is 15.0. The second-order valence-electron chi connectivity index (χ2n) is 14.3. The highest BCUT2D eigenvalue weighted by Crippen LogP contribution is 2.51. The summed E-state index contributed by atoms with van der Waals surface area (Å²) < 4.78 is 2.43. The van der Waals surface area contributed by atoms with Gasteiger partial charge in [-0.2, -0.15) is 5.26 Å². The van der Waals surface area contributed by atoms with Crippen molar-refractivity contribution in [1.29, 1.82) is 5.26 Å². The molecule has 244 valence electrons. The summed E-state index contributed by atoms with van der Waals surface area (Å²) in [6, 6.07) is 60.6. The summed E-state index contributed by atoms with van der Waals surface area (Å²) in [6.07, 6.45) is 0. The Balaban J connectivity index is 1.27. The van der Waals surface area contributed by atoms with Crippen molar-refractivity contribution < 1.29 is 0 Å². The number of para-hydroxylation sites is 2. The molecule has 2 aromatic heterocycles. The average molecular weight is 664 g/mol. The summed E-state index contributed by atoms with van der Waals surface area (Å²) in [5.74, 6) is 0. The first-order valence-electron chi connectivity index (χ1n) is 17.8. The van der Waals surface area contributed by atoms with Crippen molar-refractivity contribution in [2.45, 2.75) is 19.3 Å². The lowest BCUT2D eigenvalue weighted by molar-refractivity contribution is 0.661. The first kappa shape index (κ1) is 30.1. The van der Waals surface area contributed by atoms with Crippen LogP contribution in [0.3, 0.4) is 0 Å². The van der Waals surface area contributed by atoms with Gasteiger partial charge < -0.3 is 4.57 Å². The van der Waals surface area contributed by atoms with Gasteiger partial charge in [0.25, 0.3) is 0 Å². The van der Waals surface area contributed by atoms with Gasteiger partial charge in [0.05, 0.1) is 33.9 Å². The number of nitrogens with zero attached hydrogens (tertiary/aromatic N) is 3. The smallest absolute Gasteiger partial charge is 0.0991 e. The van der Waals surface area contributed by atoms with Crippen LogP contribution in [0.2, 0.25) is 0 Å². The number of benzene rings is 7. The van der Waals surface area contributed by atoms with E-state index < -0.39 is 0 Å². The van der Waals surface area contributed by atoms with Crippen LogP contribution in [0, 0.1) is 11.3 Å². The van der Waals surface area contributed by atoms with Crippen molar-refractivity contribution >= 4 is 32.7 Å². The largest absolute Gasteiger partial charge is 0.309 e. The van der Waals surface area contributed by atoms with Gasteiger partial charge in [0, 0.05) is 32.8 Å². The lowest BCUT2D eigenvalue weighted by Crippen LogP contribution is -2.15. The molecule has 0 bridgehead atoms. The minimum Gasteiger partial charge on any atom is -0.309 e. The molecule has 7 aromatic carbocycles. The number of hydrogen-bond donors (Lipinski definition) is 0. The van der Waals surface area contributed by atoms with Crippen LogP contribution in [-0.4, -0.2) is 9.55 Å². The predicted octanol–water partition coefficient (Wildman–Crippen LogP) is 12.5. The van der Waals surface area contributed by atoms with Gasteiger partial charge in [0.2, 0.25) is 0 Å². The van der Waals surface area contributed by atoms with E-state index in [1.165, 1.54) is 38.5 Å². The number of aromatic nitrogens is 2. The van der Waals surface area contributed by atoms with Gasteiger partial charge in [0.15, 0.2) is 0 Å². The summed E-state index contributed by atoms with van der Waals surface area (Å²) in [5.41, 5.74) is 16.6. The molecule has 9 aromatic rings. The third-order valence-electron chi connectivity index (χ3n) is 11.0. The molecule has 0 amide bonds. The maximum atomic E-state index is 9.57. The number of hydrogen-bond acceptors (Lipinski definition) is 2. The van der Waals surface area contributed by atoms with E-state index >= 15 is 0 Å². The summed E-state index contributed by atoms with van der Waals surface area (Å²) in [4.78, 5) is 5.28. The van der Waals surface area contributed by atoms with Crippen molar-refractivity contribution in [1.82, 2.24) is 9.55 Å². The third kappa shape index (κ3) is 4.55. The standard InChI is InChI=1S/C49H33N3/c1-49(2)43-17-9-6-14-37(43)41-27-42-39-16-8-11-19-47(39)52(48(42)29-44(41)49)36-25-34(32-22-20-31(30-50)21-23-32)24-35(26-36)46-28-40(33-12-4-3-5-13-33)38-15-7-10-18-45(38)51-46/h3-29H,1-2H3. The van der Waals surface area contributed by atoms with Gasteiger partial charge >= 0.3 is 0 Å². The normalized spacial score (nSPS) is 12.9. The van der Waals surface area contributed by atoms with Crippen molar-refractivity contribution in [3.63, 3.8) is 0 Å². The van der Waals surface area contributed by atoms with Crippen molar-refractivity contribution in [2.75, 3.05) is 0 Å². The second-order valence-corrected chi connectivity index (χ2v) is 14.3. The minimum absolute atomic E-state index is 0.125. The van der Waals surface area contributed by atoms with Gasteiger partial charge in [0.1, 0.15) is 0 Å². The van der Waals surface area contributed by atoms with Crippen molar-refractivity contribution in [2.24, 2.45) is 0 Å². The summed E-state index contributed by atoms with van der Waals surface area (Å²) in [6.45, 7) is 4.69. The molecule has 1 aliphatic rings. The fourth-order valence-electron chi connectivity index (χ4n) is 8.41. The zero-order chi connectivity index (χ0) is 35.0. The lowest BCUT2D eigenvalue weighted by Gasteiger charge is -2.22. The third-order valence-corrected chi connectivity index (χ3v) is 11.0. The van der Waals surface area contributed by atoms with Gasteiger partial charge in [-0.05, 0) is 105 Å². The van der Waals surface area contributed by atoms with E-state index in [-0.39, 0.29) is 5.41 Å². The molecule has 0 N–H and O–H groups in total. The zero-order valence-corrected chi connectivity index (χ0v) is 28.9. The maximum Gasteiger partial charge on any atom is 0.0991 e. The Bertz CT molecular complexity index is 2920. The summed E-state index contributed by atoms with van der Waals surface area (Å²) >= 11 is 0. The van der Waals surface area contributed by atoms with E-state index in [9.17, 15) is 5.26 Å². The highest BCUT2D eigenvalue weighted by Gasteiger charge is 2.36. The fourth-order valence-corrected chi connectivity index (χ4v) is 8.41. The molecule has 0 aliphatic heterocycles. The Morgan fingerprint density at radius 2 is 1.21 bits per heavy atom. The molecule has 2 heterocycles. The average Bonchev–Trinajstić information content (AvgIpc) is 3.64. The molecule has 0 fully saturated rings. The Morgan fingerprint density at radius 1 is 0.500 bits per heavy atom. The Labute approximate surface area is 302 Å². The highest BCUT2D eigenvalue weighted by molar-refractivity contribution is 6.12. The molecule has 0 saturated carbocycles. The fraction of sp³-hybridized carbons (Fsp3) is 0.0612. The molecule has 0 atom stereocenters. The van der Waals surface area contributed by atoms with E-state index in [0.717, 1.165) is 55.6 Å². The summed E-state index contributed by atoms with van der Waals surface area (Å²) in [5, 5.41) is 13.2. The van der Waals surface area contributed by atoms with E-state index in [1.54, 1.807) is 0 Å². The van der Waals surface area contributed by atoms with E-state index in [0.29, 0.717) is 5.56 Å². The van der Waals surface area contributed by atoms with E-state index in [2.05, 4.69) is 164 Å². The first-order valence-corrected chi connectivity index (χ1v) is 17.8. The zero-order valence-electron chi connectivity index (χ0n) is 28.9. The van der Waals surface area contributed by atoms with Gasteiger partial charge in [-0.1, -0.05) is 117 Å². The van der Waals surface area contributed by atoms with E-state index in [1.807, 2.05) is 24.3 Å². The number of nitriles is 1. The molecular formula is C49H33N3. The molecule has 10 rings (SSSR count). The lowest BCUT2D eigenvalue weighted by atomic mass is 9.82. The molecule has 0 spiro atoms. The maximum absolute atomic E-state index is 9.57. The number of pyridine rings is 1. The predicted molar refractivity (Wildman–Crippen MR) is 215 cm³/mol. The number of fused-ring (bicyclic) bond motifs is 7. The molecule has 0 saturated heterocycles. The van der Waals surface area contributed by atoms with Gasteiger partial charge in [-0.3, -0.25) is 0 Å². The monoisotopic (exact) mass is 663 g/mol. The first-order chi connectivity index (χ1) is 25.5.